The number of hydrogen-bond acceptors (Lipinski definition) is 3. The summed E-state index contributed by atoms with van der Waals surface area (Å²) >= 11 is 0. The van der Waals surface area contributed by atoms with E-state index in [0.29, 0.717) is 24.6 Å². The van der Waals surface area contributed by atoms with Crippen LogP contribution >= 0.6 is 0 Å². The summed E-state index contributed by atoms with van der Waals surface area (Å²) in [5, 5.41) is 0. The lowest BCUT2D eigenvalue weighted by atomic mass is 10.00. The molecule has 0 heterocycles. The van der Waals surface area contributed by atoms with Gasteiger partial charge in [0.1, 0.15) is 0 Å². The standard InChI is InChI=1S/C11H24N2O/c1-10(11(2)4-5-11)13(3)7-9-14-8-6-12/h10H,4-9,12H2,1-3H3. The van der Waals surface area contributed by atoms with Crippen LogP contribution in [0.5, 0.6) is 0 Å². The Balaban J connectivity index is 2.11. The van der Waals surface area contributed by atoms with E-state index >= 15 is 0 Å². The van der Waals surface area contributed by atoms with Crippen molar-refractivity contribution in [2.24, 2.45) is 11.1 Å². The highest BCUT2D eigenvalue weighted by Crippen LogP contribution is 2.49. The Bertz CT molecular complexity index is 169. The minimum absolute atomic E-state index is 0.572. The largest absolute Gasteiger partial charge is 0.379 e. The summed E-state index contributed by atoms with van der Waals surface area (Å²) in [4.78, 5) is 2.39. The van der Waals surface area contributed by atoms with Crippen LogP contribution in [0.2, 0.25) is 0 Å². The highest BCUT2D eigenvalue weighted by molar-refractivity contribution is 4.96. The van der Waals surface area contributed by atoms with Crippen molar-refractivity contribution in [2.45, 2.75) is 32.7 Å². The van der Waals surface area contributed by atoms with Gasteiger partial charge in [0.2, 0.25) is 0 Å². The van der Waals surface area contributed by atoms with Crippen LogP contribution in [0.1, 0.15) is 26.7 Å². The summed E-state index contributed by atoms with van der Waals surface area (Å²) in [6.45, 7) is 7.80. The number of rotatable bonds is 7. The first kappa shape index (κ1) is 12.0. The molecule has 1 atom stereocenters. The fourth-order valence-corrected chi connectivity index (χ4v) is 1.73. The Hall–Kier alpha value is -0.120. The molecule has 0 aromatic carbocycles. The van der Waals surface area contributed by atoms with Crippen LogP contribution in [0.3, 0.4) is 0 Å². The molecule has 0 aromatic rings. The molecule has 0 saturated heterocycles. The van der Waals surface area contributed by atoms with Gasteiger partial charge in [-0.2, -0.15) is 0 Å². The summed E-state index contributed by atoms with van der Waals surface area (Å²) in [6.07, 6.45) is 2.75. The zero-order valence-corrected chi connectivity index (χ0v) is 9.75. The average molecular weight is 200 g/mol. The molecule has 2 N–H and O–H groups in total. The third-order valence-electron chi connectivity index (χ3n) is 3.56. The molecule has 1 aliphatic rings. The van der Waals surface area contributed by atoms with Crippen LogP contribution < -0.4 is 5.73 Å². The predicted octanol–water partition coefficient (Wildman–Crippen LogP) is 1.08. The van der Waals surface area contributed by atoms with Gasteiger partial charge in [-0.1, -0.05) is 6.92 Å². The second kappa shape index (κ2) is 5.10. The summed E-state index contributed by atoms with van der Waals surface area (Å²) in [5.74, 6) is 0. The van der Waals surface area contributed by atoms with Gasteiger partial charge in [0.15, 0.2) is 0 Å². The number of nitrogens with two attached hydrogens (primary N) is 1. The van der Waals surface area contributed by atoms with Gasteiger partial charge in [-0.25, -0.2) is 0 Å². The first-order valence-corrected chi connectivity index (χ1v) is 5.58. The quantitative estimate of drug-likeness (QED) is 0.625. The van der Waals surface area contributed by atoms with E-state index in [-0.39, 0.29) is 0 Å². The normalized spacial score (nSPS) is 21.2. The molecule has 84 valence electrons. The van der Waals surface area contributed by atoms with Gasteiger partial charge >= 0.3 is 0 Å². The van der Waals surface area contributed by atoms with Crippen molar-refractivity contribution in [1.82, 2.24) is 4.90 Å². The van der Waals surface area contributed by atoms with Crippen LogP contribution in [0.25, 0.3) is 0 Å². The number of nitrogens with zero attached hydrogens (tertiary/aromatic N) is 1. The molecule has 14 heavy (non-hydrogen) atoms. The molecular formula is C11H24N2O. The van der Waals surface area contributed by atoms with Gasteiger partial charge in [0.05, 0.1) is 13.2 Å². The van der Waals surface area contributed by atoms with Crippen LogP contribution in [-0.4, -0.2) is 44.3 Å². The molecule has 0 aliphatic heterocycles. The predicted molar refractivity (Wildman–Crippen MR) is 59.3 cm³/mol. The Kier molecular flexibility index (Phi) is 4.35. The van der Waals surface area contributed by atoms with Gasteiger partial charge < -0.3 is 15.4 Å². The Morgan fingerprint density at radius 2 is 2.07 bits per heavy atom. The number of ether oxygens (including phenoxy) is 1. The molecule has 1 rings (SSSR count). The molecule has 1 fully saturated rings. The van der Waals surface area contributed by atoms with Gasteiger partial charge in [0, 0.05) is 19.1 Å². The van der Waals surface area contributed by atoms with Gasteiger partial charge in [-0.15, -0.1) is 0 Å². The van der Waals surface area contributed by atoms with Crippen molar-refractivity contribution >= 4 is 0 Å². The average Bonchev–Trinajstić information content (AvgIpc) is 2.91. The van der Waals surface area contributed by atoms with Crippen molar-refractivity contribution < 1.29 is 4.74 Å². The third kappa shape index (κ3) is 3.23. The number of hydrogen-bond donors (Lipinski definition) is 1. The maximum absolute atomic E-state index is 5.37. The fraction of sp³-hybridized carbons (Fsp3) is 1.00. The first-order valence-electron chi connectivity index (χ1n) is 5.58. The molecule has 0 radical (unpaired) electrons. The highest BCUT2D eigenvalue weighted by Gasteiger charge is 2.43. The minimum Gasteiger partial charge on any atom is -0.379 e. The van der Waals surface area contributed by atoms with E-state index in [4.69, 9.17) is 10.5 Å². The van der Waals surface area contributed by atoms with Crippen molar-refractivity contribution in [1.29, 1.82) is 0 Å². The fourth-order valence-electron chi connectivity index (χ4n) is 1.73. The first-order chi connectivity index (χ1) is 6.60. The smallest absolute Gasteiger partial charge is 0.0594 e. The molecule has 1 unspecified atom stereocenters. The second-order valence-electron chi connectivity index (χ2n) is 4.71. The van der Waals surface area contributed by atoms with Crippen molar-refractivity contribution in [3.63, 3.8) is 0 Å². The lowest BCUT2D eigenvalue weighted by Gasteiger charge is -2.29. The molecule has 0 spiro atoms. The lowest BCUT2D eigenvalue weighted by Crippen LogP contribution is -2.37. The van der Waals surface area contributed by atoms with Crippen molar-refractivity contribution in [3.05, 3.63) is 0 Å². The molecule has 0 amide bonds. The monoisotopic (exact) mass is 200 g/mol. The zero-order valence-electron chi connectivity index (χ0n) is 9.75. The summed E-state index contributed by atoms with van der Waals surface area (Å²) in [6, 6.07) is 0.670. The topological polar surface area (TPSA) is 38.5 Å². The van der Waals surface area contributed by atoms with E-state index in [2.05, 4.69) is 25.8 Å². The van der Waals surface area contributed by atoms with Crippen molar-refractivity contribution in [2.75, 3.05) is 33.4 Å². The van der Waals surface area contributed by atoms with Crippen LogP contribution in [0, 0.1) is 5.41 Å². The molecule has 1 aliphatic carbocycles. The summed E-state index contributed by atoms with van der Waals surface area (Å²) < 4.78 is 5.37. The van der Waals surface area contributed by atoms with Crippen LogP contribution in [0.4, 0.5) is 0 Å². The van der Waals surface area contributed by atoms with Gasteiger partial charge in [-0.3, -0.25) is 0 Å². The van der Waals surface area contributed by atoms with E-state index in [1.165, 1.54) is 12.8 Å². The zero-order chi connectivity index (χ0) is 10.6. The van der Waals surface area contributed by atoms with Gasteiger partial charge in [0.25, 0.3) is 0 Å². The molecule has 1 saturated carbocycles. The van der Waals surface area contributed by atoms with Crippen molar-refractivity contribution in [3.8, 4) is 0 Å². The van der Waals surface area contributed by atoms with Gasteiger partial charge in [-0.05, 0) is 32.2 Å². The molecule has 0 aromatic heterocycles. The van der Waals surface area contributed by atoms with E-state index < -0.39 is 0 Å². The molecule has 3 nitrogen and oxygen atoms in total. The molecule has 0 bridgehead atoms. The Labute approximate surface area is 87.6 Å². The maximum atomic E-state index is 5.37. The summed E-state index contributed by atoms with van der Waals surface area (Å²) in [5.41, 5.74) is 5.92. The van der Waals surface area contributed by atoms with E-state index in [1.54, 1.807) is 0 Å². The Morgan fingerprint density at radius 1 is 1.43 bits per heavy atom. The van der Waals surface area contributed by atoms with E-state index in [0.717, 1.165) is 13.2 Å². The van der Waals surface area contributed by atoms with Crippen LogP contribution in [-0.2, 0) is 4.74 Å². The minimum atomic E-state index is 0.572. The maximum Gasteiger partial charge on any atom is 0.0594 e. The highest BCUT2D eigenvalue weighted by atomic mass is 16.5. The lowest BCUT2D eigenvalue weighted by molar-refractivity contribution is 0.0917. The molecular weight excluding hydrogens is 176 g/mol. The van der Waals surface area contributed by atoms with E-state index in [9.17, 15) is 0 Å². The summed E-state index contributed by atoms with van der Waals surface area (Å²) in [7, 11) is 2.18. The molecule has 3 heteroatoms. The SMILES string of the molecule is CC(N(C)CCOCCN)C1(C)CC1. The van der Waals surface area contributed by atoms with Crippen LogP contribution in [0.15, 0.2) is 0 Å². The number of likely N-dealkylation sites (N-methyl/N-ethyl adjacent to an activating group) is 1. The second-order valence-corrected chi connectivity index (χ2v) is 4.71. The Morgan fingerprint density at radius 3 is 2.57 bits per heavy atom. The third-order valence-corrected chi connectivity index (χ3v) is 3.56. The van der Waals surface area contributed by atoms with E-state index in [1.807, 2.05) is 0 Å².